The number of carbonyl (C=O) groups excluding carboxylic acids is 1. The molecule has 1 aliphatic rings. The largest absolute Gasteiger partial charge is 0.336 e. The molecule has 0 saturated carbocycles. The van der Waals surface area contributed by atoms with Crippen molar-refractivity contribution in [3.05, 3.63) is 46.5 Å². The Morgan fingerprint density at radius 3 is 2.39 bits per heavy atom. The summed E-state index contributed by atoms with van der Waals surface area (Å²) in [7, 11) is 2.03. The smallest absolute Gasteiger partial charge is 0.258 e. The number of hydrogen-bond acceptors (Lipinski definition) is 3. The van der Waals surface area contributed by atoms with Crippen LogP contribution in [0.25, 0.3) is 5.69 Å². The van der Waals surface area contributed by atoms with Crippen molar-refractivity contribution in [2.45, 2.75) is 6.92 Å². The van der Waals surface area contributed by atoms with Gasteiger partial charge in [0.1, 0.15) is 11.0 Å². The summed E-state index contributed by atoms with van der Waals surface area (Å²) in [4.78, 5) is 16.7. The minimum absolute atomic E-state index is 0.103. The summed E-state index contributed by atoms with van der Waals surface area (Å²) >= 11 is 6.40. The maximum Gasteiger partial charge on any atom is 0.258 e. The molecule has 2 heterocycles. The highest BCUT2D eigenvalue weighted by Crippen LogP contribution is 2.25. The Morgan fingerprint density at radius 2 is 1.78 bits per heavy atom. The Bertz CT molecular complexity index is 720. The fourth-order valence-corrected chi connectivity index (χ4v) is 3.02. The zero-order valence-electron chi connectivity index (χ0n) is 13.1. The molecule has 1 saturated heterocycles. The van der Waals surface area contributed by atoms with Gasteiger partial charge < -0.3 is 9.80 Å². The number of halogens is 2. The van der Waals surface area contributed by atoms with Crippen LogP contribution in [0.15, 0.2) is 24.3 Å². The molecule has 1 fully saturated rings. The van der Waals surface area contributed by atoms with E-state index < -0.39 is 0 Å². The number of benzene rings is 1. The maximum atomic E-state index is 13.1. The average molecular weight is 337 g/mol. The van der Waals surface area contributed by atoms with Gasteiger partial charge in [-0.15, -0.1) is 0 Å². The van der Waals surface area contributed by atoms with E-state index in [1.165, 1.54) is 16.8 Å². The summed E-state index contributed by atoms with van der Waals surface area (Å²) in [6.45, 7) is 4.79. The first kappa shape index (κ1) is 16.0. The van der Waals surface area contributed by atoms with Crippen LogP contribution in [0.4, 0.5) is 4.39 Å². The van der Waals surface area contributed by atoms with Gasteiger partial charge >= 0.3 is 0 Å². The van der Waals surface area contributed by atoms with Crippen molar-refractivity contribution in [2.24, 2.45) is 0 Å². The van der Waals surface area contributed by atoms with Crippen LogP contribution in [-0.2, 0) is 0 Å². The number of rotatable bonds is 2. The van der Waals surface area contributed by atoms with E-state index in [1.54, 1.807) is 24.0 Å². The molecule has 1 aromatic carbocycles. The van der Waals surface area contributed by atoms with Gasteiger partial charge in [-0.1, -0.05) is 11.6 Å². The SMILES string of the molecule is Cc1nn(-c2ccc(F)cc2)c(Cl)c1C(=O)N1CCN(C)CC1. The van der Waals surface area contributed by atoms with Crippen LogP contribution in [0.1, 0.15) is 16.1 Å². The van der Waals surface area contributed by atoms with Gasteiger partial charge in [-0.3, -0.25) is 4.79 Å². The van der Waals surface area contributed by atoms with Crippen molar-refractivity contribution in [1.82, 2.24) is 19.6 Å². The predicted molar refractivity (Wildman–Crippen MR) is 86.7 cm³/mol. The summed E-state index contributed by atoms with van der Waals surface area (Å²) in [6, 6.07) is 5.84. The lowest BCUT2D eigenvalue weighted by Crippen LogP contribution is -2.47. The molecule has 7 heteroatoms. The van der Waals surface area contributed by atoms with Crippen molar-refractivity contribution in [2.75, 3.05) is 33.2 Å². The number of hydrogen-bond donors (Lipinski definition) is 0. The van der Waals surface area contributed by atoms with Gasteiger partial charge in [-0.2, -0.15) is 5.10 Å². The number of piperazine rings is 1. The molecule has 0 N–H and O–H groups in total. The van der Waals surface area contributed by atoms with Crippen molar-refractivity contribution >= 4 is 17.5 Å². The molecule has 0 aliphatic carbocycles. The second-order valence-electron chi connectivity index (χ2n) is 5.73. The normalized spacial score (nSPS) is 15.9. The second kappa shape index (κ2) is 6.29. The Morgan fingerprint density at radius 1 is 1.17 bits per heavy atom. The predicted octanol–water partition coefficient (Wildman–Crippen LogP) is 2.36. The molecule has 23 heavy (non-hydrogen) atoms. The first-order chi connectivity index (χ1) is 11.0. The Balaban J connectivity index is 1.91. The topological polar surface area (TPSA) is 41.4 Å². The van der Waals surface area contributed by atoms with Crippen molar-refractivity contribution in [1.29, 1.82) is 0 Å². The van der Waals surface area contributed by atoms with Crippen LogP contribution in [0.5, 0.6) is 0 Å². The van der Waals surface area contributed by atoms with E-state index in [4.69, 9.17) is 11.6 Å². The summed E-state index contributed by atoms with van der Waals surface area (Å²) in [5.74, 6) is -0.434. The standard InChI is InChI=1S/C16H18ClFN4O/c1-11-14(16(23)21-9-7-20(2)8-10-21)15(17)22(19-11)13-5-3-12(18)4-6-13/h3-6H,7-10H2,1-2H3. The van der Waals surface area contributed by atoms with E-state index in [-0.39, 0.29) is 16.9 Å². The molecular formula is C16H18ClFN4O. The number of aryl methyl sites for hydroxylation is 1. The van der Waals surface area contributed by atoms with Gasteiger partial charge in [0.25, 0.3) is 5.91 Å². The Kier molecular flexibility index (Phi) is 4.37. The molecule has 5 nitrogen and oxygen atoms in total. The van der Waals surface area contributed by atoms with Crippen LogP contribution in [0, 0.1) is 12.7 Å². The average Bonchev–Trinajstić information content (AvgIpc) is 2.83. The quantitative estimate of drug-likeness (QED) is 0.845. The molecule has 1 aromatic heterocycles. The second-order valence-corrected chi connectivity index (χ2v) is 6.09. The number of nitrogens with zero attached hydrogens (tertiary/aromatic N) is 4. The van der Waals surface area contributed by atoms with E-state index >= 15 is 0 Å². The van der Waals surface area contributed by atoms with Crippen LogP contribution in [-0.4, -0.2) is 58.7 Å². The number of aromatic nitrogens is 2. The van der Waals surface area contributed by atoms with E-state index in [9.17, 15) is 9.18 Å². The van der Waals surface area contributed by atoms with E-state index in [0.29, 0.717) is 30.0 Å². The third-order valence-corrected chi connectivity index (χ3v) is 4.43. The van der Waals surface area contributed by atoms with Gasteiger partial charge in [0, 0.05) is 26.2 Å². The third-order valence-electron chi connectivity index (χ3n) is 4.08. The molecule has 3 rings (SSSR count). The Hall–Kier alpha value is -1.92. The molecule has 2 aromatic rings. The lowest BCUT2D eigenvalue weighted by Gasteiger charge is -2.32. The molecule has 0 unspecified atom stereocenters. The Labute approximate surface area is 139 Å². The van der Waals surface area contributed by atoms with Gasteiger partial charge in [-0.25, -0.2) is 9.07 Å². The molecule has 1 aliphatic heterocycles. The van der Waals surface area contributed by atoms with Gasteiger partial charge in [0.05, 0.1) is 16.9 Å². The minimum Gasteiger partial charge on any atom is -0.336 e. The summed E-state index contributed by atoms with van der Waals surface area (Å²) < 4.78 is 14.5. The van der Waals surface area contributed by atoms with E-state index in [0.717, 1.165) is 13.1 Å². The van der Waals surface area contributed by atoms with Crippen LogP contribution >= 0.6 is 11.6 Å². The first-order valence-electron chi connectivity index (χ1n) is 7.46. The van der Waals surface area contributed by atoms with Gasteiger partial charge in [-0.05, 0) is 38.2 Å². The lowest BCUT2D eigenvalue weighted by molar-refractivity contribution is 0.0663. The monoisotopic (exact) mass is 336 g/mol. The summed E-state index contributed by atoms with van der Waals surface area (Å²) in [5.41, 5.74) is 1.61. The van der Waals surface area contributed by atoms with Crippen LogP contribution in [0.3, 0.4) is 0 Å². The summed E-state index contributed by atoms with van der Waals surface area (Å²) in [5, 5.41) is 4.61. The minimum atomic E-state index is -0.331. The lowest BCUT2D eigenvalue weighted by atomic mass is 10.2. The molecule has 122 valence electrons. The molecule has 1 amide bonds. The van der Waals surface area contributed by atoms with Crippen molar-refractivity contribution in [3.63, 3.8) is 0 Å². The molecule has 0 radical (unpaired) electrons. The zero-order chi connectivity index (χ0) is 16.6. The number of amides is 1. The van der Waals surface area contributed by atoms with Gasteiger partial charge in [0.15, 0.2) is 0 Å². The highest BCUT2D eigenvalue weighted by molar-refractivity contribution is 6.33. The van der Waals surface area contributed by atoms with E-state index in [2.05, 4.69) is 10.00 Å². The number of likely N-dealkylation sites (N-methyl/N-ethyl adjacent to an activating group) is 1. The zero-order valence-corrected chi connectivity index (χ0v) is 13.8. The molecule has 0 spiro atoms. The van der Waals surface area contributed by atoms with Gasteiger partial charge in [0.2, 0.25) is 0 Å². The van der Waals surface area contributed by atoms with E-state index in [1.807, 2.05) is 7.05 Å². The molecule has 0 atom stereocenters. The summed E-state index contributed by atoms with van der Waals surface area (Å²) in [6.07, 6.45) is 0. The fraction of sp³-hybridized carbons (Fsp3) is 0.375. The highest BCUT2D eigenvalue weighted by Gasteiger charge is 2.27. The van der Waals surface area contributed by atoms with Crippen LogP contribution in [0.2, 0.25) is 5.15 Å². The first-order valence-corrected chi connectivity index (χ1v) is 7.84. The van der Waals surface area contributed by atoms with Crippen molar-refractivity contribution in [3.8, 4) is 5.69 Å². The van der Waals surface area contributed by atoms with Crippen LogP contribution < -0.4 is 0 Å². The fourth-order valence-electron chi connectivity index (χ4n) is 2.66. The van der Waals surface area contributed by atoms with Crippen molar-refractivity contribution < 1.29 is 9.18 Å². The highest BCUT2D eigenvalue weighted by atomic mass is 35.5. The number of carbonyl (C=O) groups is 1. The third kappa shape index (κ3) is 3.09. The maximum absolute atomic E-state index is 13.1. The molecule has 0 bridgehead atoms. The molecular weight excluding hydrogens is 319 g/mol.